The Morgan fingerprint density at radius 1 is 1.00 bits per heavy atom. The second-order valence-corrected chi connectivity index (χ2v) is 12.8. The Hall–Kier alpha value is -3.24. The van der Waals surface area contributed by atoms with Gasteiger partial charge in [0.25, 0.3) is 0 Å². The summed E-state index contributed by atoms with van der Waals surface area (Å²) in [5.41, 5.74) is 4.14. The van der Waals surface area contributed by atoms with Gasteiger partial charge in [-0.05, 0) is 79.4 Å². The average molecular weight is 552 g/mol. The van der Waals surface area contributed by atoms with Crippen LogP contribution in [0.1, 0.15) is 52.5 Å². The lowest BCUT2D eigenvalue weighted by Gasteiger charge is -2.48. The molecule has 0 saturated carbocycles. The van der Waals surface area contributed by atoms with E-state index in [1.54, 1.807) is 36.4 Å². The van der Waals surface area contributed by atoms with Crippen LogP contribution in [0.25, 0.3) is 0 Å². The Kier molecular flexibility index (Phi) is 8.46. The van der Waals surface area contributed by atoms with Crippen LogP contribution in [0.3, 0.4) is 0 Å². The van der Waals surface area contributed by atoms with Crippen LogP contribution >= 0.6 is 0 Å². The number of piperazine rings is 1. The third-order valence-electron chi connectivity index (χ3n) is 7.58. The molecule has 1 unspecified atom stereocenters. The van der Waals surface area contributed by atoms with E-state index in [0.717, 1.165) is 35.3 Å². The van der Waals surface area contributed by atoms with Crippen molar-refractivity contribution in [2.75, 3.05) is 27.2 Å². The molecule has 39 heavy (non-hydrogen) atoms. The molecule has 3 atom stereocenters. The van der Waals surface area contributed by atoms with Crippen molar-refractivity contribution in [3.63, 3.8) is 0 Å². The summed E-state index contributed by atoms with van der Waals surface area (Å²) >= 11 is 0. The minimum Gasteiger partial charge on any atom is -0.508 e. The van der Waals surface area contributed by atoms with Gasteiger partial charge in [0.15, 0.2) is 0 Å². The second-order valence-electron chi connectivity index (χ2n) is 10.6. The molecule has 0 aromatic heterocycles. The summed E-state index contributed by atoms with van der Waals surface area (Å²) in [4.78, 5) is 16.3. The molecule has 0 radical (unpaired) electrons. The van der Waals surface area contributed by atoms with Gasteiger partial charge >= 0.3 is 5.97 Å². The first-order valence-electron chi connectivity index (χ1n) is 13.0. The Balaban J connectivity index is 1.65. The summed E-state index contributed by atoms with van der Waals surface area (Å²) in [6, 6.07) is 19.8. The number of carboxylic acids is 1. The highest BCUT2D eigenvalue weighted by molar-refractivity contribution is 7.89. The molecule has 1 saturated heterocycles. The average Bonchev–Trinajstić information content (AvgIpc) is 2.88. The molecule has 3 aromatic rings. The number of benzene rings is 3. The zero-order valence-corrected chi connectivity index (χ0v) is 23.9. The highest BCUT2D eigenvalue weighted by atomic mass is 32.2. The number of rotatable bonds is 8. The molecule has 4 rings (SSSR count). The predicted molar refractivity (Wildman–Crippen MR) is 151 cm³/mol. The van der Waals surface area contributed by atoms with Crippen molar-refractivity contribution in [2.24, 2.45) is 0 Å². The maximum absolute atomic E-state index is 12.8. The molecule has 9 heteroatoms. The number of hydrogen-bond donors (Lipinski definition) is 2. The van der Waals surface area contributed by atoms with Gasteiger partial charge < -0.3 is 10.2 Å². The maximum Gasteiger partial charge on any atom is 0.335 e. The number of aromatic hydroxyl groups is 1. The van der Waals surface area contributed by atoms with Crippen molar-refractivity contribution in [2.45, 2.75) is 50.3 Å². The summed E-state index contributed by atoms with van der Waals surface area (Å²) < 4.78 is 26.7. The van der Waals surface area contributed by atoms with Crippen molar-refractivity contribution in [1.82, 2.24) is 14.1 Å². The van der Waals surface area contributed by atoms with E-state index in [0.29, 0.717) is 6.54 Å². The van der Waals surface area contributed by atoms with Crippen molar-refractivity contribution < 1.29 is 23.4 Å². The van der Waals surface area contributed by atoms with Crippen LogP contribution in [-0.4, -0.2) is 78.0 Å². The van der Waals surface area contributed by atoms with Crippen LogP contribution in [0.4, 0.5) is 0 Å². The smallest absolute Gasteiger partial charge is 0.335 e. The van der Waals surface area contributed by atoms with E-state index >= 15 is 0 Å². The van der Waals surface area contributed by atoms with Crippen LogP contribution in [-0.2, 0) is 16.6 Å². The Morgan fingerprint density at radius 3 is 2.28 bits per heavy atom. The monoisotopic (exact) mass is 551 g/mol. The number of phenolic OH excluding ortho intramolecular Hbond substituents is 1. The topological polar surface area (TPSA) is 101 Å². The standard InChI is InChI=1S/C30H37N3O5S/c1-20-15-27(39(37,38)31(4)5)13-14-28(20)29(25-7-6-8-26(34)16-25)33-18-21(2)32(17-22(33)3)19-23-9-11-24(12-10-23)30(35)36/h6-16,21-22,29,34H,17-19H2,1-5H3,(H,35,36)/t21-,22+,29?/m0/s1. The number of nitrogens with zero attached hydrogens (tertiary/aromatic N) is 3. The first-order chi connectivity index (χ1) is 18.4. The Morgan fingerprint density at radius 2 is 1.69 bits per heavy atom. The lowest BCUT2D eigenvalue weighted by Crippen LogP contribution is -2.56. The van der Waals surface area contributed by atoms with Gasteiger partial charge in [0.05, 0.1) is 16.5 Å². The number of carboxylic acid groups (broad SMARTS) is 1. The summed E-state index contributed by atoms with van der Waals surface area (Å²) in [7, 11) is -0.512. The fourth-order valence-electron chi connectivity index (χ4n) is 5.36. The van der Waals surface area contributed by atoms with Gasteiger partial charge in [-0.1, -0.05) is 30.3 Å². The fraction of sp³-hybridized carbons (Fsp3) is 0.367. The third-order valence-corrected chi connectivity index (χ3v) is 9.39. The van der Waals surface area contributed by atoms with Crippen LogP contribution in [0, 0.1) is 6.92 Å². The van der Waals surface area contributed by atoms with E-state index in [4.69, 9.17) is 0 Å². The molecule has 1 heterocycles. The predicted octanol–water partition coefficient (Wildman–Crippen LogP) is 4.33. The van der Waals surface area contributed by atoms with Gasteiger partial charge in [-0.3, -0.25) is 9.80 Å². The van der Waals surface area contributed by atoms with E-state index in [1.807, 2.05) is 37.3 Å². The minimum absolute atomic E-state index is 0.149. The molecule has 1 fully saturated rings. The van der Waals surface area contributed by atoms with E-state index < -0.39 is 16.0 Å². The maximum atomic E-state index is 12.8. The van der Waals surface area contributed by atoms with Crippen molar-refractivity contribution in [3.05, 3.63) is 94.5 Å². The molecule has 0 spiro atoms. The highest BCUT2D eigenvalue weighted by Crippen LogP contribution is 2.37. The lowest BCUT2D eigenvalue weighted by atomic mass is 9.90. The molecule has 0 aliphatic carbocycles. The van der Waals surface area contributed by atoms with Crippen molar-refractivity contribution in [1.29, 1.82) is 0 Å². The van der Waals surface area contributed by atoms with Crippen molar-refractivity contribution in [3.8, 4) is 5.75 Å². The van der Waals surface area contributed by atoms with Gasteiger partial charge in [-0.15, -0.1) is 0 Å². The number of phenols is 1. The summed E-state index contributed by atoms with van der Waals surface area (Å²) in [6.45, 7) is 8.57. The number of hydrogen-bond acceptors (Lipinski definition) is 6. The molecule has 8 nitrogen and oxygen atoms in total. The molecular weight excluding hydrogens is 514 g/mol. The van der Waals surface area contributed by atoms with E-state index in [2.05, 4.69) is 23.6 Å². The van der Waals surface area contributed by atoms with Crippen molar-refractivity contribution >= 4 is 16.0 Å². The summed E-state index contributed by atoms with van der Waals surface area (Å²) in [6.07, 6.45) is 0. The zero-order chi connectivity index (χ0) is 28.5. The first kappa shape index (κ1) is 28.8. The molecule has 208 valence electrons. The highest BCUT2D eigenvalue weighted by Gasteiger charge is 2.35. The van der Waals surface area contributed by atoms with Crippen LogP contribution in [0.15, 0.2) is 71.6 Å². The zero-order valence-electron chi connectivity index (χ0n) is 23.1. The van der Waals surface area contributed by atoms with E-state index in [1.165, 1.54) is 18.4 Å². The largest absolute Gasteiger partial charge is 0.508 e. The molecular formula is C30H37N3O5S. The number of sulfonamides is 1. The Bertz CT molecular complexity index is 1440. The number of aryl methyl sites for hydroxylation is 1. The molecule has 1 aliphatic rings. The molecule has 0 amide bonds. The van der Waals surface area contributed by atoms with Crippen LogP contribution < -0.4 is 0 Å². The Labute approximate surface area is 231 Å². The van der Waals surface area contributed by atoms with Gasteiger partial charge in [0, 0.05) is 45.8 Å². The lowest BCUT2D eigenvalue weighted by molar-refractivity contribution is 0.0193. The van der Waals surface area contributed by atoms with Crippen LogP contribution in [0.2, 0.25) is 0 Å². The van der Waals surface area contributed by atoms with Gasteiger partial charge in [0.1, 0.15) is 5.75 Å². The summed E-state index contributed by atoms with van der Waals surface area (Å²) in [5.74, 6) is -0.746. The SMILES string of the molecule is Cc1cc(S(=O)(=O)N(C)C)ccc1C(c1cccc(O)c1)N1C[C@H](C)N(Cc2ccc(C(=O)O)cc2)C[C@H]1C. The summed E-state index contributed by atoms with van der Waals surface area (Å²) in [5, 5.41) is 19.5. The van der Waals surface area contributed by atoms with Gasteiger partial charge in [-0.25, -0.2) is 17.5 Å². The number of carbonyl (C=O) groups is 1. The fourth-order valence-corrected chi connectivity index (χ4v) is 6.35. The quantitative estimate of drug-likeness (QED) is 0.430. The minimum atomic E-state index is -3.56. The van der Waals surface area contributed by atoms with Gasteiger partial charge in [-0.2, -0.15) is 0 Å². The normalized spacial score (nSPS) is 19.7. The molecule has 0 bridgehead atoms. The first-order valence-corrected chi connectivity index (χ1v) is 14.5. The van der Waals surface area contributed by atoms with E-state index in [-0.39, 0.29) is 34.3 Å². The molecule has 2 N–H and O–H groups in total. The van der Waals surface area contributed by atoms with Crippen LogP contribution in [0.5, 0.6) is 5.75 Å². The molecule has 1 aliphatic heterocycles. The second kappa shape index (κ2) is 11.5. The number of aromatic carboxylic acids is 1. The van der Waals surface area contributed by atoms with Gasteiger partial charge in [0.2, 0.25) is 10.0 Å². The van der Waals surface area contributed by atoms with E-state index in [9.17, 15) is 23.4 Å². The third kappa shape index (κ3) is 6.17. The molecule has 3 aromatic carbocycles.